The first-order valence-electron chi connectivity index (χ1n) is 10.9. The van der Waals surface area contributed by atoms with Crippen molar-refractivity contribution in [1.29, 1.82) is 0 Å². The molecule has 0 bridgehead atoms. The molecule has 168 valence electrons. The molecule has 1 aromatic rings. The summed E-state index contributed by atoms with van der Waals surface area (Å²) in [7, 11) is 5.18. The molecule has 2 rings (SSSR count). The van der Waals surface area contributed by atoms with Crippen LogP contribution in [0.15, 0.2) is 29.3 Å². The first kappa shape index (κ1) is 24.0. The van der Waals surface area contributed by atoms with E-state index in [1.807, 2.05) is 12.1 Å². The molecule has 0 aromatic heterocycles. The molecule has 0 radical (unpaired) electrons. The highest BCUT2D eigenvalue weighted by atomic mass is 16.5. The quantitative estimate of drug-likeness (QED) is 0.476. The molecule has 1 aromatic carbocycles. The van der Waals surface area contributed by atoms with Gasteiger partial charge in [0.15, 0.2) is 5.96 Å². The summed E-state index contributed by atoms with van der Waals surface area (Å²) in [6.45, 7) is 8.47. The molecule has 1 aliphatic rings. The average Bonchev–Trinajstić information content (AvgIpc) is 2.76. The highest BCUT2D eigenvalue weighted by Gasteiger charge is 2.27. The Labute approximate surface area is 181 Å². The minimum absolute atomic E-state index is 0.0125. The molecule has 1 fully saturated rings. The van der Waals surface area contributed by atoms with Crippen molar-refractivity contribution in [2.45, 2.75) is 45.1 Å². The summed E-state index contributed by atoms with van der Waals surface area (Å²) >= 11 is 0. The molecule has 2 N–H and O–H groups in total. The molecule has 1 heterocycles. The number of hydrogen-bond donors (Lipinski definition) is 2. The maximum atomic E-state index is 12.0. The number of ether oxygens (including phenoxy) is 1. The van der Waals surface area contributed by atoms with Gasteiger partial charge in [-0.3, -0.25) is 9.69 Å². The van der Waals surface area contributed by atoms with E-state index in [1.165, 1.54) is 24.8 Å². The van der Waals surface area contributed by atoms with Crippen molar-refractivity contribution in [2.24, 2.45) is 4.99 Å². The summed E-state index contributed by atoms with van der Waals surface area (Å²) in [6, 6.07) is 8.08. The van der Waals surface area contributed by atoms with Gasteiger partial charge in [0.2, 0.25) is 5.91 Å². The molecule has 0 spiro atoms. The molecule has 0 aliphatic carbocycles. The number of nitrogens with one attached hydrogen (secondary N) is 2. The second-order valence-corrected chi connectivity index (χ2v) is 8.69. The third kappa shape index (κ3) is 7.86. The van der Waals surface area contributed by atoms with Crippen LogP contribution >= 0.6 is 0 Å². The summed E-state index contributed by atoms with van der Waals surface area (Å²) in [5.74, 6) is 1.53. The zero-order chi connectivity index (χ0) is 22.0. The molecule has 0 atom stereocenters. The number of likely N-dealkylation sites (tertiary alicyclic amines) is 1. The van der Waals surface area contributed by atoms with E-state index in [-0.39, 0.29) is 18.0 Å². The van der Waals surface area contributed by atoms with Gasteiger partial charge in [-0.15, -0.1) is 0 Å². The molecule has 0 saturated carbocycles. The molecule has 1 aliphatic heterocycles. The van der Waals surface area contributed by atoms with Gasteiger partial charge in [-0.05, 0) is 63.9 Å². The number of carbonyl (C=O) groups is 1. The Kier molecular flexibility index (Phi) is 9.43. The minimum atomic E-state index is -0.0125. The summed E-state index contributed by atoms with van der Waals surface area (Å²) in [5, 5.41) is 6.85. The van der Waals surface area contributed by atoms with E-state index in [4.69, 9.17) is 4.74 Å². The van der Waals surface area contributed by atoms with E-state index in [2.05, 4.69) is 46.5 Å². The van der Waals surface area contributed by atoms with Crippen molar-refractivity contribution < 1.29 is 9.53 Å². The molecule has 1 amide bonds. The lowest BCUT2D eigenvalue weighted by molar-refractivity contribution is -0.127. The van der Waals surface area contributed by atoms with E-state index in [9.17, 15) is 4.79 Å². The van der Waals surface area contributed by atoms with Crippen molar-refractivity contribution in [1.82, 2.24) is 20.4 Å². The number of methoxy groups -OCH3 is 1. The van der Waals surface area contributed by atoms with Crippen LogP contribution in [0, 0.1) is 0 Å². The lowest BCUT2D eigenvalue weighted by atomic mass is 9.98. The lowest BCUT2D eigenvalue weighted by Crippen LogP contribution is -2.55. The maximum absolute atomic E-state index is 12.0. The maximum Gasteiger partial charge on any atom is 0.243 e. The van der Waals surface area contributed by atoms with Gasteiger partial charge in [-0.1, -0.05) is 18.6 Å². The summed E-state index contributed by atoms with van der Waals surface area (Å²) in [5.41, 5.74) is 1.25. The number of guanidine groups is 1. The first-order valence-corrected chi connectivity index (χ1v) is 10.9. The molecule has 0 unspecified atom stereocenters. The van der Waals surface area contributed by atoms with Crippen LogP contribution < -0.4 is 15.4 Å². The summed E-state index contributed by atoms with van der Waals surface area (Å²) in [4.78, 5) is 20.6. The molecular weight excluding hydrogens is 378 g/mol. The molecular formula is C23H39N5O2. The van der Waals surface area contributed by atoms with Gasteiger partial charge < -0.3 is 20.3 Å². The first-order chi connectivity index (χ1) is 14.3. The number of aliphatic imine (C=N–C) groups is 1. The van der Waals surface area contributed by atoms with Crippen LogP contribution in [0.25, 0.3) is 0 Å². The zero-order valence-corrected chi connectivity index (χ0v) is 19.3. The molecule has 1 saturated heterocycles. The molecule has 30 heavy (non-hydrogen) atoms. The number of nitrogens with zero attached hydrogens (tertiary/aromatic N) is 3. The topological polar surface area (TPSA) is 69.2 Å². The summed E-state index contributed by atoms with van der Waals surface area (Å²) in [6.07, 6.45) is 4.72. The molecule has 7 nitrogen and oxygen atoms in total. The second-order valence-electron chi connectivity index (χ2n) is 8.69. The fraction of sp³-hybridized carbons (Fsp3) is 0.652. The van der Waals surface area contributed by atoms with Crippen molar-refractivity contribution in [3.05, 3.63) is 29.8 Å². The second kappa shape index (κ2) is 11.8. The minimum Gasteiger partial charge on any atom is -0.497 e. The van der Waals surface area contributed by atoms with Gasteiger partial charge in [0.1, 0.15) is 12.3 Å². The smallest absolute Gasteiger partial charge is 0.243 e. The number of rotatable bonds is 9. The van der Waals surface area contributed by atoms with E-state index in [1.54, 1.807) is 26.1 Å². The largest absolute Gasteiger partial charge is 0.497 e. The monoisotopic (exact) mass is 417 g/mol. The number of likely N-dealkylation sites (N-methyl/N-ethyl adjacent to an activating group) is 1. The van der Waals surface area contributed by atoms with Crippen LogP contribution in [-0.2, 0) is 11.2 Å². The van der Waals surface area contributed by atoms with Crippen molar-refractivity contribution in [3.8, 4) is 5.75 Å². The average molecular weight is 418 g/mol. The SMILES string of the molecule is COc1ccc(CCNC(=NCC(=O)N(C)C)NCC(C)(C)N2CCCCC2)cc1. The standard InChI is InChI=1S/C23H39N5O2/c1-23(2,28-15-7-6-8-16-28)18-26-22(25-17-21(29)27(3)4)24-14-13-19-9-11-20(30-5)12-10-19/h9-12H,6-8,13-18H2,1-5H3,(H2,24,25,26). The lowest BCUT2D eigenvalue weighted by Gasteiger charge is -2.41. The van der Waals surface area contributed by atoms with Gasteiger partial charge in [-0.25, -0.2) is 4.99 Å². The van der Waals surface area contributed by atoms with Crippen LogP contribution in [0.3, 0.4) is 0 Å². The molecule has 7 heteroatoms. The highest BCUT2D eigenvalue weighted by molar-refractivity contribution is 5.84. The Hall–Kier alpha value is -2.28. The number of benzene rings is 1. The van der Waals surface area contributed by atoms with E-state index < -0.39 is 0 Å². The van der Waals surface area contributed by atoms with Crippen molar-refractivity contribution in [3.63, 3.8) is 0 Å². The van der Waals surface area contributed by atoms with Gasteiger partial charge in [0.25, 0.3) is 0 Å². The van der Waals surface area contributed by atoms with E-state index in [0.29, 0.717) is 5.96 Å². The Bertz CT molecular complexity index is 679. The Morgan fingerprint density at radius 2 is 1.80 bits per heavy atom. The number of hydrogen-bond acceptors (Lipinski definition) is 4. The fourth-order valence-electron chi connectivity index (χ4n) is 3.49. The van der Waals surface area contributed by atoms with Crippen LogP contribution in [0.2, 0.25) is 0 Å². The van der Waals surface area contributed by atoms with Gasteiger partial charge in [0.05, 0.1) is 7.11 Å². The Balaban J connectivity index is 1.93. The zero-order valence-electron chi connectivity index (χ0n) is 19.3. The Morgan fingerprint density at radius 1 is 1.13 bits per heavy atom. The van der Waals surface area contributed by atoms with Gasteiger partial charge in [-0.2, -0.15) is 0 Å². The highest BCUT2D eigenvalue weighted by Crippen LogP contribution is 2.19. The third-order valence-electron chi connectivity index (χ3n) is 5.64. The number of carbonyl (C=O) groups excluding carboxylic acids is 1. The van der Waals surface area contributed by atoms with Gasteiger partial charge in [0, 0.05) is 32.7 Å². The van der Waals surface area contributed by atoms with Gasteiger partial charge >= 0.3 is 0 Å². The predicted octanol–water partition coefficient (Wildman–Crippen LogP) is 2.13. The van der Waals surface area contributed by atoms with Crippen LogP contribution in [0.5, 0.6) is 5.75 Å². The van der Waals surface area contributed by atoms with Crippen LogP contribution in [-0.4, -0.2) is 81.1 Å². The number of amides is 1. The van der Waals surface area contributed by atoms with Crippen molar-refractivity contribution >= 4 is 11.9 Å². The number of piperidine rings is 1. The normalized spacial score (nSPS) is 15.6. The predicted molar refractivity (Wildman–Crippen MR) is 123 cm³/mol. The summed E-state index contributed by atoms with van der Waals surface area (Å²) < 4.78 is 5.21. The fourth-order valence-corrected chi connectivity index (χ4v) is 3.49. The third-order valence-corrected chi connectivity index (χ3v) is 5.64. The van der Waals surface area contributed by atoms with E-state index >= 15 is 0 Å². The van der Waals surface area contributed by atoms with Crippen molar-refractivity contribution in [2.75, 3.05) is 53.9 Å². The van der Waals surface area contributed by atoms with Crippen LogP contribution in [0.1, 0.15) is 38.7 Å². The van der Waals surface area contributed by atoms with E-state index in [0.717, 1.165) is 38.3 Å². The van der Waals surface area contributed by atoms with Crippen LogP contribution in [0.4, 0.5) is 0 Å². The Morgan fingerprint density at radius 3 is 2.40 bits per heavy atom.